The molecule has 2 aliphatic rings. The zero-order chi connectivity index (χ0) is 15.7. The summed E-state index contributed by atoms with van der Waals surface area (Å²) in [5.41, 5.74) is 1.95. The second-order valence-corrected chi connectivity index (χ2v) is 6.29. The van der Waals surface area contributed by atoms with Gasteiger partial charge in [-0.3, -0.25) is 9.69 Å². The van der Waals surface area contributed by atoms with E-state index in [1.807, 2.05) is 31.1 Å². The van der Waals surface area contributed by atoms with Crippen molar-refractivity contribution in [2.75, 3.05) is 33.8 Å². The predicted molar refractivity (Wildman–Crippen MR) is 82.2 cm³/mol. The van der Waals surface area contributed by atoms with Crippen LogP contribution in [0.2, 0.25) is 0 Å². The molecule has 1 aromatic rings. The number of likely N-dealkylation sites (N-methyl/N-ethyl adjacent to an activating group) is 1. The first-order valence-corrected chi connectivity index (χ1v) is 7.61. The molecule has 5 heteroatoms. The monoisotopic (exact) mass is 299 g/mol. The number of carbonyl (C=O) groups is 1. The molecule has 1 aliphatic carbocycles. The second-order valence-electron chi connectivity index (χ2n) is 6.29. The van der Waals surface area contributed by atoms with Crippen LogP contribution in [0.4, 0.5) is 0 Å². The molecular weight excluding hydrogens is 278 g/mol. The minimum atomic E-state index is -0.541. The molecule has 0 N–H and O–H groups in total. The fourth-order valence-corrected chi connectivity index (χ4v) is 3.46. The Morgan fingerprint density at radius 2 is 2.00 bits per heavy atom. The number of hydrogen-bond acceptors (Lipinski definition) is 4. The van der Waals surface area contributed by atoms with Crippen molar-refractivity contribution < 1.29 is 9.53 Å². The Hall–Kier alpha value is -1.90. The van der Waals surface area contributed by atoms with Gasteiger partial charge in [0.2, 0.25) is 5.91 Å². The average Bonchev–Trinajstić information content (AvgIpc) is 2.95. The van der Waals surface area contributed by atoms with E-state index in [0.717, 1.165) is 12.8 Å². The first kappa shape index (κ1) is 15.0. The molecule has 0 bridgehead atoms. The van der Waals surface area contributed by atoms with Crippen molar-refractivity contribution in [2.24, 2.45) is 0 Å². The maximum Gasteiger partial charge on any atom is 0.243 e. The van der Waals surface area contributed by atoms with Crippen molar-refractivity contribution in [2.45, 2.75) is 24.5 Å². The molecule has 116 valence electrons. The zero-order valence-electron chi connectivity index (χ0n) is 13.1. The predicted octanol–water partition coefficient (Wildman–Crippen LogP) is 0.837. The van der Waals surface area contributed by atoms with Gasteiger partial charge < -0.3 is 9.64 Å². The first-order valence-electron chi connectivity index (χ1n) is 7.61. The lowest BCUT2D eigenvalue weighted by Crippen LogP contribution is -2.60. The smallest absolute Gasteiger partial charge is 0.243 e. The lowest BCUT2D eigenvalue weighted by Gasteiger charge is -2.41. The summed E-state index contributed by atoms with van der Waals surface area (Å²) >= 11 is 0. The van der Waals surface area contributed by atoms with Crippen LogP contribution in [0.25, 0.3) is 0 Å². The minimum Gasteiger partial charge on any atom is -0.360 e. The summed E-state index contributed by atoms with van der Waals surface area (Å²) in [4.78, 5) is 17.0. The Bertz CT molecular complexity index is 596. The van der Waals surface area contributed by atoms with Crippen LogP contribution in [0.1, 0.15) is 11.1 Å². The van der Waals surface area contributed by atoms with Crippen LogP contribution < -0.4 is 0 Å². The number of hydrogen-bond donors (Lipinski definition) is 0. The molecule has 0 saturated carbocycles. The minimum absolute atomic E-state index is 0.109. The van der Waals surface area contributed by atoms with Crippen LogP contribution in [-0.2, 0) is 22.4 Å². The average molecular weight is 299 g/mol. The van der Waals surface area contributed by atoms with Crippen molar-refractivity contribution >= 4 is 5.91 Å². The highest BCUT2D eigenvalue weighted by Crippen LogP contribution is 2.35. The summed E-state index contributed by atoms with van der Waals surface area (Å²) in [5.74, 6) is 0.109. The Balaban J connectivity index is 1.87. The van der Waals surface area contributed by atoms with Gasteiger partial charge >= 0.3 is 0 Å². The number of benzene rings is 1. The van der Waals surface area contributed by atoms with Gasteiger partial charge in [-0.25, -0.2) is 0 Å². The van der Waals surface area contributed by atoms with Crippen LogP contribution in [0, 0.1) is 11.3 Å². The van der Waals surface area contributed by atoms with E-state index in [0.29, 0.717) is 19.7 Å². The molecule has 1 heterocycles. The number of nitrogens with zero attached hydrogens (tertiary/aromatic N) is 3. The quantitative estimate of drug-likeness (QED) is 0.812. The number of fused-ring (bicyclic) bond motifs is 1. The van der Waals surface area contributed by atoms with Crippen LogP contribution in [0.5, 0.6) is 0 Å². The zero-order valence-corrected chi connectivity index (χ0v) is 13.1. The van der Waals surface area contributed by atoms with Crippen molar-refractivity contribution in [1.82, 2.24) is 9.80 Å². The molecule has 1 aliphatic heterocycles. The summed E-state index contributed by atoms with van der Waals surface area (Å²) in [6.45, 7) is 1.35. The largest absolute Gasteiger partial charge is 0.360 e. The second kappa shape index (κ2) is 5.71. The van der Waals surface area contributed by atoms with Crippen LogP contribution in [-0.4, -0.2) is 61.1 Å². The van der Waals surface area contributed by atoms with E-state index in [1.54, 1.807) is 4.90 Å². The van der Waals surface area contributed by atoms with E-state index in [9.17, 15) is 4.79 Å². The van der Waals surface area contributed by atoms with E-state index in [2.05, 4.69) is 18.2 Å². The molecular formula is C17H21N3O2. The number of carbonyl (C=O) groups excluding carboxylic acids is 1. The molecule has 1 amide bonds. The summed E-state index contributed by atoms with van der Waals surface area (Å²) < 4.78 is 5.36. The molecule has 1 aromatic carbocycles. The molecule has 22 heavy (non-hydrogen) atoms. The van der Waals surface area contributed by atoms with Gasteiger partial charge in [0.25, 0.3) is 0 Å². The van der Waals surface area contributed by atoms with Gasteiger partial charge in [0.1, 0.15) is 5.54 Å². The summed E-state index contributed by atoms with van der Waals surface area (Å²) in [5, 5.41) is 9.05. The third-order valence-electron chi connectivity index (χ3n) is 4.84. The maximum atomic E-state index is 13.2. The topological polar surface area (TPSA) is 56.6 Å². The van der Waals surface area contributed by atoms with E-state index in [1.165, 1.54) is 11.1 Å². The van der Waals surface area contributed by atoms with Crippen LogP contribution in [0.15, 0.2) is 24.3 Å². The molecule has 5 nitrogen and oxygen atoms in total. The van der Waals surface area contributed by atoms with E-state index in [-0.39, 0.29) is 5.91 Å². The highest BCUT2D eigenvalue weighted by Gasteiger charge is 2.48. The van der Waals surface area contributed by atoms with Crippen LogP contribution >= 0.6 is 0 Å². The third-order valence-corrected chi connectivity index (χ3v) is 4.84. The fraction of sp³-hybridized carbons (Fsp3) is 0.529. The number of morpholine rings is 1. The van der Waals surface area contributed by atoms with E-state index >= 15 is 0 Å². The van der Waals surface area contributed by atoms with Crippen molar-refractivity contribution in [3.8, 4) is 6.07 Å². The lowest BCUT2D eigenvalue weighted by molar-refractivity contribution is -0.148. The first-order chi connectivity index (χ1) is 10.6. The molecule has 1 atom stereocenters. The SMILES string of the molecule is CN(C)C1(C(=O)N2CCOC(C#N)C2)Cc2ccccc2C1. The van der Waals surface area contributed by atoms with Gasteiger partial charge in [0.15, 0.2) is 6.10 Å². The molecule has 1 unspecified atom stereocenters. The van der Waals surface area contributed by atoms with Gasteiger partial charge in [0, 0.05) is 19.4 Å². The summed E-state index contributed by atoms with van der Waals surface area (Å²) in [7, 11) is 3.93. The van der Waals surface area contributed by atoms with E-state index in [4.69, 9.17) is 10.00 Å². The van der Waals surface area contributed by atoms with Gasteiger partial charge in [-0.05, 0) is 25.2 Å². The van der Waals surface area contributed by atoms with Crippen LogP contribution in [0.3, 0.4) is 0 Å². The number of nitriles is 1. The highest BCUT2D eigenvalue weighted by molar-refractivity contribution is 5.88. The molecule has 3 rings (SSSR count). The maximum absolute atomic E-state index is 13.2. The van der Waals surface area contributed by atoms with Gasteiger partial charge in [-0.1, -0.05) is 24.3 Å². The Labute approximate surface area is 131 Å². The molecule has 0 spiro atoms. The number of ether oxygens (including phenoxy) is 1. The molecule has 1 saturated heterocycles. The Kier molecular flexibility index (Phi) is 3.90. The summed E-state index contributed by atoms with van der Waals surface area (Å²) in [6.07, 6.45) is 0.938. The van der Waals surface area contributed by atoms with Crippen molar-refractivity contribution in [1.29, 1.82) is 5.26 Å². The molecule has 0 aromatic heterocycles. The van der Waals surface area contributed by atoms with Gasteiger partial charge in [-0.2, -0.15) is 5.26 Å². The standard InChI is InChI=1S/C17H21N3O2/c1-19(2)17(9-13-5-3-4-6-14(13)10-17)16(21)20-7-8-22-15(11-18)12-20/h3-6,15H,7-10,12H2,1-2H3. The Morgan fingerprint density at radius 3 is 2.55 bits per heavy atom. The normalized spacial score (nSPS) is 23.2. The van der Waals surface area contributed by atoms with Crippen molar-refractivity contribution in [3.63, 3.8) is 0 Å². The van der Waals surface area contributed by atoms with Gasteiger partial charge in [0.05, 0.1) is 19.2 Å². The lowest BCUT2D eigenvalue weighted by atomic mass is 9.91. The Morgan fingerprint density at radius 1 is 1.36 bits per heavy atom. The number of rotatable bonds is 2. The number of amides is 1. The molecule has 0 radical (unpaired) electrons. The fourth-order valence-electron chi connectivity index (χ4n) is 3.46. The summed E-state index contributed by atoms with van der Waals surface area (Å²) in [6, 6.07) is 10.4. The highest BCUT2D eigenvalue weighted by atomic mass is 16.5. The van der Waals surface area contributed by atoms with Crippen molar-refractivity contribution in [3.05, 3.63) is 35.4 Å². The van der Waals surface area contributed by atoms with Gasteiger partial charge in [-0.15, -0.1) is 0 Å². The molecule has 1 fully saturated rings. The third kappa shape index (κ3) is 2.39. The van der Waals surface area contributed by atoms with E-state index < -0.39 is 11.6 Å².